The molecule has 0 aliphatic carbocycles. The van der Waals surface area contributed by atoms with Crippen molar-refractivity contribution >= 4 is 28.4 Å². The van der Waals surface area contributed by atoms with E-state index in [9.17, 15) is 9.59 Å². The molecule has 1 aromatic carbocycles. The molecule has 126 valence electrons. The quantitative estimate of drug-likeness (QED) is 0.745. The summed E-state index contributed by atoms with van der Waals surface area (Å²) >= 11 is 0. The number of para-hydroxylation sites is 1. The molecular weight excluding hydrogens is 318 g/mol. The fourth-order valence-corrected chi connectivity index (χ4v) is 3.01. The smallest absolute Gasteiger partial charge is 0.349 e. The van der Waals surface area contributed by atoms with Gasteiger partial charge in [0, 0.05) is 18.5 Å². The molecule has 0 unspecified atom stereocenters. The van der Waals surface area contributed by atoms with E-state index in [1.54, 1.807) is 36.5 Å². The summed E-state index contributed by atoms with van der Waals surface area (Å²) < 4.78 is 5.20. The lowest BCUT2D eigenvalue weighted by molar-refractivity contribution is 0.102. The number of aromatic nitrogens is 1. The monoisotopic (exact) mass is 335 g/mol. The summed E-state index contributed by atoms with van der Waals surface area (Å²) in [5.74, 6) is 0.399. The van der Waals surface area contributed by atoms with Gasteiger partial charge in [0.1, 0.15) is 17.0 Å². The van der Waals surface area contributed by atoms with Crippen LogP contribution in [-0.4, -0.2) is 24.0 Å². The Morgan fingerprint density at radius 1 is 1.12 bits per heavy atom. The van der Waals surface area contributed by atoms with E-state index in [0.29, 0.717) is 16.7 Å². The summed E-state index contributed by atoms with van der Waals surface area (Å²) in [4.78, 5) is 31.1. The Labute approximate surface area is 144 Å². The Kier molecular flexibility index (Phi) is 3.93. The maximum Gasteiger partial charge on any atom is 0.349 e. The summed E-state index contributed by atoms with van der Waals surface area (Å²) in [5.41, 5.74) is 0.321. The molecule has 6 heteroatoms. The van der Waals surface area contributed by atoms with Crippen molar-refractivity contribution in [2.75, 3.05) is 23.3 Å². The van der Waals surface area contributed by atoms with E-state index < -0.39 is 11.5 Å². The highest BCUT2D eigenvalue weighted by Gasteiger charge is 2.16. The maximum absolute atomic E-state index is 12.4. The minimum absolute atomic E-state index is 0.0256. The molecule has 1 N–H and O–H groups in total. The van der Waals surface area contributed by atoms with E-state index in [0.717, 1.165) is 18.9 Å². The summed E-state index contributed by atoms with van der Waals surface area (Å²) in [6.45, 7) is 2.02. The average molecular weight is 335 g/mol. The molecule has 4 rings (SSSR count). The highest BCUT2D eigenvalue weighted by atomic mass is 16.4. The van der Waals surface area contributed by atoms with Gasteiger partial charge in [-0.05, 0) is 37.1 Å². The van der Waals surface area contributed by atoms with Gasteiger partial charge in [0.05, 0.1) is 11.9 Å². The van der Waals surface area contributed by atoms with Crippen molar-refractivity contribution in [1.82, 2.24) is 4.98 Å². The number of carbonyl (C=O) groups excluding carboxylic acids is 1. The average Bonchev–Trinajstić information content (AvgIpc) is 3.16. The highest BCUT2D eigenvalue weighted by molar-refractivity contribution is 6.05. The third-order valence-corrected chi connectivity index (χ3v) is 4.32. The van der Waals surface area contributed by atoms with Crippen LogP contribution in [0.5, 0.6) is 0 Å². The van der Waals surface area contributed by atoms with Crippen LogP contribution in [0.15, 0.2) is 57.9 Å². The molecule has 1 aliphatic heterocycles. The molecule has 1 saturated heterocycles. The topological polar surface area (TPSA) is 75.4 Å². The van der Waals surface area contributed by atoms with Crippen molar-refractivity contribution in [2.24, 2.45) is 0 Å². The van der Waals surface area contributed by atoms with Gasteiger partial charge in [-0.2, -0.15) is 0 Å². The molecule has 1 aliphatic rings. The van der Waals surface area contributed by atoms with Crippen LogP contribution in [0.4, 0.5) is 11.5 Å². The lowest BCUT2D eigenvalue weighted by Gasteiger charge is -2.16. The molecule has 0 atom stereocenters. The minimum Gasteiger partial charge on any atom is -0.422 e. The van der Waals surface area contributed by atoms with Gasteiger partial charge in [0.25, 0.3) is 5.91 Å². The van der Waals surface area contributed by atoms with E-state index in [-0.39, 0.29) is 5.56 Å². The first kappa shape index (κ1) is 15.4. The van der Waals surface area contributed by atoms with E-state index >= 15 is 0 Å². The SMILES string of the molecule is O=C(Nc1ccc(N2CCCC2)nc1)c1cc2ccccc2oc1=O. The lowest BCUT2D eigenvalue weighted by atomic mass is 10.2. The fraction of sp³-hybridized carbons (Fsp3) is 0.211. The maximum atomic E-state index is 12.4. The molecule has 25 heavy (non-hydrogen) atoms. The number of hydrogen-bond acceptors (Lipinski definition) is 5. The van der Waals surface area contributed by atoms with Crippen molar-refractivity contribution in [1.29, 1.82) is 0 Å². The second kappa shape index (κ2) is 6.39. The standard InChI is InChI=1S/C19H17N3O3/c23-18(15-11-13-5-1-2-6-16(13)25-19(15)24)21-14-7-8-17(20-12-14)22-9-3-4-10-22/h1-2,5-8,11-12H,3-4,9-10H2,(H,21,23). The zero-order chi connectivity index (χ0) is 17.2. The number of carbonyl (C=O) groups is 1. The second-order valence-electron chi connectivity index (χ2n) is 6.04. The molecule has 0 bridgehead atoms. The van der Waals surface area contributed by atoms with Gasteiger partial charge in [-0.1, -0.05) is 18.2 Å². The second-order valence-corrected chi connectivity index (χ2v) is 6.04. The van der Waals surface area contributed by atoms with Crippen molar-refractivity contribution < 1.29 is 9.21 Å². The van der Waals surface area contributed by atoms with Gasteiger partial charge < -0.3 is 14.6 Å². The van der Waals surface area contributed by atoms with Crippen LogP contribution >= 0.6 is 0 Å². The first-order chi connectivity index (χ1) is 12.2. The van der Waals surface area contributed by atoms with Crippen molar-refractivity contribution in [2.45, 2.75) is 12.8 Å². The number of anilines is 2. The third kappa shape index (κ3) is 3.10. The number of amides is 1. The normalized spacial score (nSPS) is 14.0. The lowest BCUT2D eigenvalue weighted by Crippen LogP contribution is -2.21. The van der Waals surface area contributed by atoms with Crippen LogP contribution in [0, 0.1) is 0 Å². The number of nitrogens with zero attached hydrogens (tertiary/aromatic N) is 2. The first-order valence-corrected chi connectivity index (χ1v) is 8.26. The van der Waals surface area contributed by atoms with Crippen molar-refractivity contribution in [3.05, 3.63) is 64.6 Å². The Bertz CT molecular complexity index is 973. The highest BCUT2D eigenvalue weighted by Crippen LogP contribution is 2.19. The number of pyridine rings is 1. The Balaban J connectivity index is 1.55. The molecule has 0 spiro atoms. The molecule has 0 saturated carbocycles. The van der Waals surface area contributed by atoms with E-state index in [2.05, 4.69) is 15.2 Å². The fourth-order valence-electron chi connectivity index (χ4n) is 3.01. The van der Waals surface area contributed by atoms with Gasteiger partial charge in [0.15, 0.2) is 0 Å². The van der Waals surface area contributed by atoms with Gasteiger partial charge in [-0.3, -0.25) is 4.79 Å². The molecule has 3 aromatic rings. The van der Waals surface area contributed by atoms with E-state index in [4.69, 9.17) is 4.42 Å². The molecule has 3 heterocycles. The van der Waals surface area contributed by atoms with Gasteiger partial charge in [0.2, 0.25) is 0 Å². The Morgan fingerprint density at radius 2 is 1.92 bits per heavy atom. The summed E-state index contributed by atoms with van der Waals surface area (Å²) in [7, 11) is 0. The minimum atomic E-state index is -0.655. The van der Waals surface area contributed by atoms with Crippen LogP contribution < -0.4 is 15.8 Å². The van der Waals surface area contributed by atoms with Crippen molar-refractivity contribution in [3.8, 4) is 0 Å². The molecular formula is C19H17N3O3. The third-order valence-electron chi connectivity index (χ3n) is 4.32. The Hall–Kier alpha value is -3.15. The van der Waals surface area contributed by atoms with Gasteiger partial charge in [-0.15, -0.1) is 0 Å². The Morgan fingerprint density at radius 3 is 2.68 bits per heavy atom. The molecule has 6 nitrogen and oxygen atoms in total. The number of benzene rings is 1. The molecule has 0 radical (unpaired) electrons. The molecule has 2 aromatic heterocycles. The summed E-state index contributed by atoms with van der Waals surface area (Å²) in [5, 5.41) is 3.41. The largest absolute Gasteiger partial charge is 0.422 e. The first-order valence-electron chi connectivity index (χ1n) is 8.26. The molecule has 1 fully saturated rings. The predicted molar refractivity (Wildman–Crippen MR) is 96.1 cm³/mol. The number of fused-ring (bicyclic) bond motifs is 1. The summed E-state index contributed by atoms with van der Waals surface area (Å²) in [6.07, 6.45) is 3.96. The van der Waals surface area contributed by atoms with Gasteiger partial charge in [-0.25, -0.2) is 9.78 Å². The zero-order valence-corrected chi connectivity index (χ0v) is 13.6. The van der Waals surface area contributed by atoms with E-state index in [1.807, 2.05) is 12.1 Å². The van der Waals surface area contributed by atoms with Gasteiger partial charge >= 0.3 is 5.63 Å². The van der Waals surface area contributed by atoms with E-state index in [1.165, 1.54) is 12.8 Å². The summed E-state index contributed by atoms with van der Waals surface area (Å²) in [6, 6.07) is 12.3. The van der Waals surface area contributed by atoms with Crippen LogP contribution in [0.1, 0.15) is 23.2 Å². The van der Waals surface area contributed by atoms with Crippen LogP contribution in [-0.2, 0) is 0 Å². The molecule has 1 amide bonds. The predicted octanol–water partition coefficient (Wildman–Crippen LogP) is 3.04. The number of rotatable bonds is 3. The van der Waals surface area contributed by atoms with Crippen molar-refractivity contribution in [3.63, 3.8) is 0 Å². The number of nitrogens with one attached hydrogen (secondary N) is 1. The van der Waals surface area contributed by atoms with Crippen LogP contribution in [0.3, 0.4) is 0 Å². The van der Waals surface area contributed by atoms with Crippen LogP contribution in [0.25, 0.3) is 11.0 Å². The zero-order valence-electron chi connectivity index (χ0n) is 13.6. The number of hydrogen-bond donors (Lipinski definition) is 1. The van der Waals surface area contributed by atoms with Crippen LogP contribution in [0.2, 0.25) is 0 Å².